The number of hydrogen-bond acceptors (Lipinski definition) is 3. The van der Waals surface area contributed by atoms with Gasteiger partial charge in [-0.05, 0) is 31.9 Å². The first kappa shape index (κ1) is 15.8. The highest BCUT2D eigenvalue weighted by Crippen LogP contribution is 2.09. The van der Waals surface area contributed by atoms with Crippen LogP contribution in [-0.4, -0.2) is 25.9 Å². The predicted molar refractivity (Wildman–Crippen MR) is 85.2 cm³/mol. The molecule has 0 aliphatic carbocycles. The lowest BCUT2D eigenvalue weighted by Gasteiger charge is -2.11. The summed E-state index contributed by atoms with van der Waals surface area (Å²) >= 11 is 0. The van der Waals surface area contributed by atoms with Gasteiger partial charge < -0.3 is 9.88 Å². The predicted octanol–water partition coefficient (Wildman–Crippen LogP) is 2.46. The minimum Gasteiger partial charge on any atom is -0.328 e. The molecule has 0 aliphatic heterocycles. The lowest BCUT2D eigenvalue weighted by Crippen LogP contribution is -2.22. The number of aryl methyl sites for hydroxylation is 2. The molecule has 5 heteroatoms. The molecule has 0 saturated carbocycles. The zero-order valence-corrected chi connectivity index (χ0v) is 13.6. The van der Waals surface area contributed by atoms with Crippen molar-refractivity contribution in [2.75, 3.05) is 6.54 Å². The highest BCUT2D eigenvalue weighted by Gasteiger charge is 2.09. The van der Waals surface area contributed by atoms with Gasteiger partial charge in [-0.25, -0.2) is 4.98 Å². The van der Waals surface area contributed by atoms with Crippen molar-refractivity contribution in [3.63, 3.8) is 0 Å². The molecule has 0 bridgehead atoms. The molecule has 1 N–H and O–H groups in total. The highest BCUT2D eigenvalue weighted by atomic mass is 15.3. The van der Waals surface area contributed by atoms with Gasteiger partial charge >= 0.3 is 0 Å². The van der Waals surface area contributed by atoms with Crippen molar-refractivity contribution in [2.45, 2.75) is 53.8 Å². The molecular formula is C16H27N5. The fourth-order valence-electron chi connectivity index (χ4n) is 2.39. The standard InChI is InChI=1S/C16H27N5/c1-5-14-9-15(21(6-2)19-14)12-20-8-7-18-16(20)11-17-10-13(3)4/h7-9,13,17H,5-6,10-12H2,1-4H3. The summed E-state index contributed by atoms with van der Waals surface area (Å²) in [5.41, 5.74) is 2.41. The molecule has 0 atom stereocenters. The number of rotatable bonds is 8. The van der Waals surface area contributed by atoms with Crippen molar-refractivity contribution >= 4 is 0 Å². The van der Waals surface area contributed by atoms with Crippen LogP contribution in [-0.2, 0) is 26.1 Å². The summed E-state index contributed by atoms with van der Waals surface area (Å²) in [6, 6.07) is 2.20. The summed E-state index contributed by atoms with van der Waals surface area (Å²) in [4.78, 5) is 4.46. The van der Waals surface area contributed by atoms with E-state index >= 15 is 0 Å². The molecule has 0 unspecified atom stereocenters. The van der Waals surface area contributed by atoms with Crippen LogP contribution in [0.15, 0.2) is 18.5 Å². The molecule has 2 aromatic rings. The smallest absolute Gasteiger partial charge is 0.123 e. The quantitative estimate of drug-likeness (QED) is 0.812. The van der Waals surface area contributed by atoms with Crippen molar-refractivity contribution < 1.29 is 0 Å². The van der Waals surface area contributed by atoms with Gasteiger partial charge in [-0.3, -0.25) is 4.68 Å². The van der Waals surface area contributed by atoms with Crippen LogP contribution in [0.3, 0.4) is 0 Å². The van der Waals surface area contributed by atoms with E-state index in [9.17, 15) is 0 Å². The summed E-state index contributed by atoms with van der Waals surface area (Å²) < 4.78 is 4.29. The maximum Gasteiger partial charge on any atom is 0.123 e. The summed E-state index contributed by atoms with van der Waals surface area (Å²) in [6.45, 7) is 12.3. The summed E-state index contributed by atoms with van der Waals surface area (Å²) in [7, 11) is 0. The number of nitrogens with zero attached hydrogens (tertiary/aromatic N) is 4. The summed E-state index contributed by atoms with van der Waals surface area (Å²) in [6.07, 6.45) is 4.90. The minimum atomic E-state index is 0.655. The van der Waals surface area contributed by atoms with E-state index in [1.54, 1.807) is 0 Å². The zero-order chi connectivity index (χ0) is 15.2. The Labute approximate surface area is 127 Å². The van der Waals surface area contributed by atoms with E-state index in [2.05, 4.69) is 58.4 Å². The van der Waals surface area contributed by atoms with Gasteiger partial charge in [0.1, 0.15) is 5.82 Å². The van der Waals surface area contributed by atoms with E-state index in [4.69, 9.17) is 0 Å². The molecule has 5 nitrogen and oxygen atoms in total. The van der Waals surface area contributed by atoms with Gasteiger partial charge in [0.2, 0.25) is 0 Å². The highest BCUT2D eigenvalue weighted by molar-refractivity contribution is 5.12. The Balaban J connectivity index is 2.06. The van der Waals surface area contributed by atoms with Gasteiger partial charge in [-0.2, -0.15) is 5.10 Å². The summed E-state index contributed by atoms with van der Waals surface area (Å²) in [5.74, 6) is 1.74. The van der Waals surface area contributed by atoms with Crippen molar-refractivity contribution in [2.24, 2.45) is 5.92 Å². The number of nitrogens with one attached hydrogen (secondary N) is 1. The van der Waals surface area contributed by atoms with Gasteiger partial charge in [0.05, 0.1) is 24.5 Å². The number of imidazole rings is 1. The van der Waals surface area contributed by atoms with Gasteiger partial charge in [-0.1, -0.05) is 20.8 Å². The van der Waals surface area contributed by atoms with Crippen LogP contribution in [0, 0.1) is 5.92 Å². The first-order valence-corrected chi connectivity index (χ1v) is 7.90. The van der Waals surface area contributed by atoms with Crippen molar-refractivity contribution in [1.29, 1.82) is 0 Å². The first-order chi connectivity index (χ1) is 10.1. The molecule has 116 valence electrons. The lowest BCUT2D eigenvalue weighted by atomic mass is 10.2. The zero-order valence-electron chi connectivity index (χ0n) is 13.6. The van der Waals surface area contributed by atoms with Crippen LogP contribution in [0.4, 0.5) is 0 Å². The van der Waals surface area contributed by atoms with Crippen LogP contribution in [0.1, 0.15) is 44.9 Å². The Bertz CT molecular complexity index is 553. The molecule has 2 aromatic heterocycles. The fraction of sp³-hybridized carbons (Fsp3) is 0.625. The molecule has 2 heterocycles. The van der Waals surface area contributed by atoms with Gasteiger partial charge in [0.15, 0.2) is 0 Å². The maximum absolute atomic E-state index is 4.61. The van der Waals surface area contributed by atoms with Crippen LogP contribution >= 0.6 is 0 Å². The van der Waals surface area contributed by atoms with Crippen molar-refractivity contribution in [3.8, 4) is 0 Å². The largest absolute Gasteiger partial charge is 0.328 e. The Morgan fingerprint density at radius 2 is 2.10 bits per heavy atom. The molecule has 0 fully saturated rings. The molecule has 0 spiro atoms. The molecule has 2 rings (SSSR count). The Hall–Kier alpha value is -1.62. The molecule has 0 saturated heterocycles. The average molecular weight is 289 g/mol. The van der Waals surface area contributed by atoms with E-state index in [-0.39, 0.29) is 0 Å². The topological polar surface area (TPSA) is 47.7 Å². The molecule has 0 radical (unpaired) electrons. The lowest BCUT2D eigenvalue weighted by molar-refractivity contribution is 0.527. The van der Waals surface area contributed by atoms with Crippen LogP contribution < -0.4 is 5.32 Å². The Kier molecular flexibility index (Phi) is 5.56. The van der Waals surface area contributed by atoms with Gasteiger partial charge in [0.25, 0.3) is 0 Å². The Morgan fingerprint density at radius 1 is 1.29 bits per heavy atom. The Morgan fingerprint density at radius 3 is 2.76 bits per heavy atom. The molecular weight excluding hydrogens is 262 g/mol. The van der Waals surface area contributed by atoms with Crippen molar-refractivity contribution in [3.05, 3.63) is 35.7 Å². The van der Waals surface area contributed by atoms with Gasteiger partial charge in [-0.15, -0.1) is 0 Å². The second-order valence-electron chi connectivity index (χ2n) is 5.79. The number of aromatic nitrogens is 4. The molecule has 0 aliphatic rings. The maximum atomic E-state index is 4.61. The normalized spacial score (nSPS) is 11.5. The fourth-order valence-corrected chi connectivity index (χ4v) is 2.39. The van der Waals surface area contributed by atoms with Crippen LogP contribution in [0.5, 0.6) is 0 Å². The van der Waals surface area contributed by atoms with Crippen LogP contribution in [0.25, 0.3) is 0 Å². The third-order valence-electron chi connectivity index (χ3n) is 3.55. The average Bonchev–Trinajstić information content (AvgIpc) is 3.06. The first-order valence-electron chi connectivity index (χ1n) is 7.90. The van der Waals surface area contributed by atoms with E-state index in [0.717, 1.165) is 44.1 Å². The van der Waals surface area contributed by atoms with E-state index in [0.29, 0.717) is 5.92 Å². The summed E-state index contributed by atoms with van der Waals surface area (Å²) in [5, 5.41) is 8.06. The third-order valence-corrected chi connectivity index (χ3v) is 3.55. The molecule has 0 amide bonds. The van der Waals surface area contributed by atoms with Crippen molar-refractivity contribution in [1.82, 2.24) is 24.6 Å². The third kappa shape index (κ3) is 4.17. The second kappa shape index (κ2) is 7.41. The second-order valence-corrected chi connectivity index (χ2v) is 5.79. The molecule has 0 aromatic carbocycles. The van der Waals surface area contributed by atoms with E-state index in [1.165, 1.54) is 5.69 Å². The van der Waals surface area contributed by atoms with E-state index < -0.39 is 0 Å². The monoisotopic (exact) mass is 289 g/mol. The number of hydrogen-bond donors (Lipinski definition) is 1. The molecule has 21 heavy (non-hydrogen) atoms. The minimum absolute atomic E-state index is 0.655. The van der Waals surface area contributed by atoms with E-state index in [1.807, 2.05) is 12.4 Å². The van der Waals surface area contributed by atoms with Gasteiger partial charge in [0, 0.05) is 18.9 Å². The SMILES string of the molecule is CCc1cc(Cn2ccnc2CNCC(C)C)n(CC)n1. The van der Waals surface area contributed by atoms with Crippen LogP contribution in [0.2, 0.25) is 0 Å².